The maximum Gasteiger partial charge on any atom is 0.316 e. The highest BCUT2D eigenvalue weighted by Gasteiger charge is 2.10. The second kappa shape index (κ2) is 6.32. The molecule has 2 N–H and O–H groups in total. The number of nitrogen functional groups attached to an aromatic ring is 1. The molecule has 1 aromatic heterocycles. The number of hydrogen-bond acceptors (Lipinski definition) is 6. The molecular weight excluding hydrogens is 226 g/mol. The molecule has 6 heteroatoms. The number of aromatic nitrogens is 2. The van der Waals surface area contributed by atoms with E-state index in [2.05, 4.69) is 9.97 Å². The summed E-state index contributed by atoms with van der Waals surface area (Å²) in [6.45, 7) is 4.15. The third-order valence-corrected chi connectivity index (χ3v) is 2.93. The van der Waals surface area contributed by atoms with Crippen molar-refractivity contribution >= 4 is 23.5 Å². The molecule has 1 aromatic rings. The van der Waals surface area contributed by atoms with Crippen molar-refractivity contribution in [1.82, 2.24) is 9.97 Å². The predicted octanol–water partition coefficient (Wildman–Crippen LogP) is 1.28. The Morgan fingerprint density at radius 3 is 2.88 bits per heavy atom. The zero-order chi connectivity index (χ0) is 12.0. The van der Waals surface area contributed by atoms with E-state index in [0.717, 1.165) is 17.0 Å². The second-order valence-electron chi connectivity index (χ2n) is 2.99. The van der Waals surface area contributed by atoms with Gasteiger partial charge in [0.15, 0.2) is 0 Å². The molecule has 0 spiro atoms. The molecule has 0 saturated carbocycles. The molecule has 0 amide bonds. The normalized spacial score (nSPS) is 10.1. The van der Waals surface area contributed by atoms with Gasteiger partial charge in [0.25, 0.3) is 0 Å². The molecule has 0 fully saturated rings. The van der Waals surface area contributed by atoms with Gasteiger partial charge >= 0.3 is 5.97 Å². The van der Waals surface area contributed by atoms with Gasteiger partial charge in [-0.1, -0.05) is 18.7 Å². The van der Waals surface area contributed by atoms with E-state index in [4.69, 9.17) is 10.5 Å². The molecule has 5 nitrogen and oxygen atoms in total. The van der Waals surface area contributed by atoms with Gasteiger partial charge in [0, 0.05) is 5.56 Å². The van der Waals surface area contributed by atoms with Crippen molar-refractivity contribution in [2.45, 2.75) is 25.3 Å². The molecule has 0 aromatic carbocycles. The van der Waals surface area contributed by atoms with Gasteiger partial charge in [0.1, 0.15) is 17.2 Å². The number of nitrogens with two attached hydrogens (primary N) is 1. The monoisotopic (exact) mass is 241 g/mol. The fourth-order valence-corrected chi connectivity index (χ4v) is 2.08. The van der Waals surface area contributed by atoms with E-state index < -0.39 is 0 Å². The zero-order valence-corrected chi connectivity index (χ0v) is 10.2. The Morgan fingerprint density at radius 1 is 1.50 bits per heavy atom. The largest absolute Gasteiger partial charge is 0.465 e. The maximum atomic E-state index is 11.2. The summed E-state index contributed by atoms with van der Waals surface area (Å²) in [5.41, 5.74) is 6.60. The predicted molar refractivity (Wildman–Crippen MR) is 63.2 cm³/mol. The number of nitrogens with zero attached hydrogens (tertiary/aromatic N) is 2. The van der Waals surface area contributed by atoms with Crippen LogP contribution in [0.1, 0.15) is 19.4 Å². The van der Waals surface area contributed by atoms with Crippen LogP contribution in [-0.4, -0.2) is 28.3 Å². The highest BCUT2D eigenvalue weighted by atomic mass is 32.2. The van der Waals surface area contributed by atoms with Crippen LogP contribution in [0.4, 0.5) is 5.82 Å². The molecule has 0 bridgehead atoms. The van der Waals surface area contributed by atoms with E-state index in [9.17, 15) is 4.79 Å². The molecule has 0 aliphatic heterocycles. The number of rotatable bonds is 5. The third-order valence-electron chi connectivity index (χ3n) is 1.92. The molecule has 1 rings (SSSR count). The summed E-state index contributed by atoms with van der Waals surface area (Å²) in [6.07, 6.45) is 2.15. The Hall–Kier alpha value is -1.30. The van der Waals surface area contributed by atoms with E-state index >= 15 is 0 Å². The molecule has 0 aliphatic carbocycles. The molecule has 0 atom stereocenters. The van der Waals surface area contributed by atoms with Crippen molar-refractivity contribution in [3.63, 3.8) is 0 Å². The van der Waals surface area contributed by atoms with E-state index in [1.54, 1.807) is 6.92 Å². The highest BCUT2D eigenvalue weighted by Crippen LogP contribution is 2.23. The van der Waals surface area contributed by atoms with Gasteiger partial charge in [0.05, 0.1) is 12.4 Å². The van der Waals surface area contributed by atoms with Gasteiger partial charge in [-0.3, -0.25) is 4.79 Å². The summed E-state index contributed by atoms with van der Waals surface area (Å²) in [5, 5.41) is 0.753. The van der Waals surface area contributed by atoms with Crippen molar-refractivity contribution in [2.75, 3.05) is 18.1 Å². The van der Waals surface area contributed by atoms with Crippen molar-refractivity contribution < 1.29 is 9.53 Å². The minimum Gasteiger partial charge on any atom is -0.465 e. The lowest BCUT2D eigenvalue weighted by Gasteiger charge is -2.07. The number of esters is 1. The van der Waals surface area contributed by atoms with Crippen LogP contribution < -0.4 is 5.73 Å². The second-order valence-corrected chi connectivity index (χ2v) is 3.95. The standard InChI is InChI=1S/C10H15N3O2S/c1-3-7-9(11)12-6-13-10(7)16-5-8(14)15-4-2/h6H,3-5H2,1-2H3,(H2,11,12,13). The Bertz CT molecular complexity index is 371. The Kier molecular flexibility index (Phi) is 5.04. The van der Waals surface area contributed by atoms with Crippen LogP contribution in [-0.2, 0) is 16.0 Å². The van der Waals surface area contributed by atoms with E-state index in [0.29, 0.717) is 12.4 Å². The average molecular weight is 241 g/mol. The average Bonchev–Trinajstić information content (AvgIpc) is 2.27. The molecule has 16 heavy (non-hydrogen) atoms. The van der Waals surface area contributed by atoms with Gasteiger partial charge in [-0.25, -0.2) is 9.97 Å². The SMILES string of the molecule is CCOC(=O)CSc1ncnc(N)c1CC. The Balaban J connectivity index is 2.66. The number of anilines is 1. The smallest absolute Gasteiger partial charge is 0.316 e. The third kappa shape index (κ3) is 3.37. The zero-order valence-electron chi connectivity index (χ0n) is 9.40. The van der Waals surface area contributed by atoms with Crippen LogP contribution in [0.3, 0.4) is 0 Å². The van der Waals surface area contributed by atoms with Crippen molar-refractivity contribution in [1.29, 1.82) is 0 Å². The van der Waals surface area contributed by atoms with Crippen LogP contribution in [0.5, 0.6) is 0 Å². The van der Waals surface area contributed by atoms with Crippen LogP contribution >= 0.6 is 11.8 Å². The molecule has 0 unspecified atom stereocenters. The molecule has 0 aliphatic rings. The van der Waals surface area contributed by atoms with Crippen molar-refractivity contribution in [3.05, 3.63) is 11.9 Å². The molecular formula is C10H15N3O2S. The highest BCUT2D eigenvalue weighted by molar-refractivity contribution is 7.99. The van der Waals surface area contributed by atoms with Crippen LogP contribution in [0, 0.1) is 0 Å². The number of ether oxygens (including phenoxy) is 1. The lowest BCUT2D eigenvalue weighted by atomic mass is 10.2. The van der Waals surface area contributed by atoms with Gasteiger partial charge in [-0.05, 0) is 13.3 Å². The quantitative estimate of drug-likeness (QED) is 0.475. The maximum absolute atomic E-state index is 11.2. The minimum atomic E-state index is -0.244. The summed E-state index contributed by atoms with van der Waals surface area (Å²) in [4.78, 5) is 19.2. The first-order valence-electron chi connectivity index (χ1n) is 5.06. The van der Waals surface area contributed by atoms with E-state index in [1.807, 2.05) is 6.92 Å². The van der Waals surface area contributed by atoms with Crippen molar-refractivity contribution in [3.8, 4) is 0 Å². The number of thioether (sulfide) groups is 1. The summed E-state index contributed by atoms with van der Waals surface area (Å²) in [7, 11) is 0. The fraction of sp³-hybridized carbons (Fsp3) is 0.500. The first-order chi connectivity index (χ1) is 7.69. The van der Waals surface area contributed by atoms with Gasteiger partial charge in [-0.15, -0.1) is 0 Å². The first-order valence-corrected chi connectivity index (χ1v) is 6.05. The lowest BCUT2D eigenvalue weighted by molar-refractivity contribution is -0.139. The summed E-state index contributed by atoms with van der Waals surface area (Å²) in [5.74, 6) is 0.479. The lowest BCUT2D eigenvalue weighted by Crippen LogP contribution is -2.08. The van der Waals surface area contributed by atoms with Crippen LogP contribution in [0.2, 0.25) is 0 Å². The van der Waals surface area contributed by atoms with E-state index in [1.165, 1.54) is 18.1 Å². The Morgan fingerprint density at radius 2 is 2.25 bits per heavy atom. The molecule has 0 saturated heterocycles. The fourth-order valence-electron chi connectivity index (χ4n) is 1.20. The van der Waals surface area contributed by atoms with Crippen LogP contribution in [0.15, 0.2) is 11.4 Å². The number of carbonyl (C=O) groups is 1. The van der Waals surface area contributed by atoms with Gasteiger partial charge in [0.2, 0.25) is 0 Å². The minimum absolute atomic E-state index is 0.244. The molecule has 1 heterocycles. The number of carbonyl (C=O) groups excluding carboxylic acids is 1. The topological polar surface area (TPSA) is 78.1 Å². The van der Waals surface area contributed by atoms with Crippen molar-refractivity contribution in [2.24, 2.45) is 0 Å². The molecule has 0 radical (unpaired) electrons. The summed E-state index contributed by atoms with van der Waals surface area (Å²) >= 11 is 1.33. The first kappa shape index (κ1) is 12.8. The summed E-state index contributed by atoms with van der Waals surface area (Å²) < 4.78 is 4.83. The number of hydrogen-bond donors (Lipinski definition) is 1. The van der Waals surface area contributed by atoms with Gasteiger partial charge in [-0.2, -0.15) is 0 Å². The van der Waals surface area contributed by atoms with Crippen LogP contribution in [0.25, 0.3) is 0 Å². The molecule has 88 valence electrons. The summed E-state index contributed by atoms with van der Waals surface area (Å²) in [6, 6.07) is 0. The van der Waals surface area contributed by atoms with Gasteiger partial charge < -0.3 is 10.5 Å². The van der Waals surface area contributed by atoms with E-state index in [-0.39, 0.29) is 11.7 Å². The Labute approximate surface area is 98.8 Å².